The monoisotopic (exact) mass is 263 g/mol. The zero-order chi connectivity index (χ0) is 14.0. The van der Waals surface area contributed by atoms with Gasteiger partial charge in [0.1, 0.15) is 5.75 Å². The minimum atomic E-state index is -0.850. The number of aliphatic hydroxyl groups is 1. The number of piperidine rings is 1. The molecule has 0 aliphatic carbocycles. The van der Waals surface area contributed by atoms with Crippen LogP contribution in [0.2, 0.25) is 0 Å². The first-order valence-electron chi connectivity index (χ1n) is 7.05. The van der Waals surface area contributed by atoms with Crippen LogP contribution in [0, 0.1) is 19.8 Å². The maximum atomic E-state index is 11.0. The smallest absolute Gasteiger partial charge is 0.125 e. The van der Waals surface area contributed by atoms with Crippen molar-refractivity contribution in [2.24, 2.45) is 5.92 Å². The molecule has 1 aliphatic rings. The lowest BCUT2D eigenvalue weighted by molar-refractivity contribution is -0.0174. The predicted octanol–water partition coefficient (Wildman–Crippen LogP) is 2.52. The van der Waals surface area contributed by atoms with Gasteiger partial charge in [0.2, 0.25) is 0 Å². The van der Waals surface area contributed by atoms with E-state index >= 15 is 0 Å². The average molecular weight is 263 g/mol. The Kier molecular flexibility index (Phi) is 4.16. The minimum absolute atomic E-state index is 0.234. The second-order valence-electron chi connectivity index (χ2n) is 5.83. The first kappa shape index (κ1) is 14.4. The number of hydrogen-bond donors (Lipinski definition) is 2. The molecule has 106 valence electrons. The summed E-state index contributed by atoms with van der Waals surface area (Å²) < 4.78 is 5.48. The number of hydrogen-bond acceptors (Lipinski definition) is 3. The zero-order valence-electron chi connectivity index (χ0n) is 12.4. The lowest BCUT2D eigenvalue weighted by Crippen LogP contribution is -2.42. The molecule has 19 heavy (non-hydrogen) atoms. The molecule has 2 atom stereocenters. The molecule has 1 aromatic carbocycles. The SMILES string of the molecule is COc1cc(C)c(C)cc1C(C)(O)C1CCCNC1. The van der Waals surface area contributed by atoms with Gasteiger partial charge in [0.15, 0.2) is 0 Å². The second-order valence-corrected chi connectivity index (χ2v) is 5.83. The number of ether oxygens (including phenoxy) is 1. The van der Waals surface area contributed by atoms with Crippen LogP contribution < -0.4 is 10.1 Å². The molecular weight excluding hydrogens is 238 g/mol. The van der Waals surface area contributed by atoms with Gasteiger partial charge in [-0.3, -0.25) is 0 Å². The van der Waals surface area contributed by atoms with Gasteiger partial charge >= 0.3 is 0 Å². The molecule has 1 aromatic rings. The molecule has 2 N–H and O–H groups in total. The van der Waals surface area contributed by atoms with Crippen LogP contribution in [-0.4, -0.2) is 25.3 Å². The summed E-state index contributed by atoms with van der Waals surface area (Å²) in [5, 5.41) is 14.4. The molecule has 0 radical (unpaired) electrons. The molecule has 1 fully saturated rings. The molecule has 0 amide bonds. The maximum absolute atomic E-state index is 11.0. The lowest BCUT2D eigenvalue weighted by Gasteiger charge is -2.37. The molecule has 0 saturated carbocycles. The second kappa shape index (κ2) is 5.51. The van der Waals surface area contributed by atoms with Crippen LogP contribution in [0.5, 0.6) is 5.75 Å². The van der Waals surface area contributed by atoms with Gasteiger partial charge < -0.3 is 15.2 Å². The van der Waals surface area contributed by atoms with Gasteiger partial charge in [-0.1, -0.05) is 0 Å². The summed E-state index contributed by atoms with van der Waals surface area (Å²) in [5.41, 5.74) is 2.45. The summed E-state index contributed by atoms with van der Waals surface area (Å²) in [5.74, 6) is 1.02. The molecule has 2 unspecified atom stereocenters. The van der Waals surface area contributed by atoms with Crippen LogP contribution in [-0.2, 0) is 5.60 Å². The highest BCUT2D eigenvalue weighted by Gasteiger charge is 2.36. The van der Waals surface area contributed by atoms with E-state index in [0.717, 1.165) is 37.2 Å². The molecule has 1 heterocycles. The summed E-state index contributed by atoms with van der Waals surface area (Å²) in [4.78, 5) is 0. The fourth-order valence-corrected chi connectivity index (χ4v) is 2.91. The Morgan fingerprint density at radius 1 is 1.32 bits per heavy atom. The van der Waals surface area contributed by atoms with E-state index in [1.165, 1.54) is 11.1 Å². The maximum Gasteiger partial charge on any atom is 0.125 e. The highest BCUT2D eigenvalue weighted by molar-refractivity contribution is 5.45. The van der Waals surface area contributed by atoms with Crippen LogP contribution >= 0.6 is 0 Å². The van der Waals surface area contributed by atoms with Crippen molar-refractivity contribution in [1.29, 1.82) is 0 Å². The zero-order valence-corrected chi connectivity index (χ0v) is 12.4. The van der Waals surface area contributed by atoms with E-state index in [9.17, 15) is 5.11 Å². The predicted molar refractivity (Wildman–Crippen MR) is 77.6 cm³/mol. The summed E-state index contributed by atoms with van der Waals surface area (Å²) in [7, 11) is 1.67. The van der Waals surface area contributed by atoms with Crippen LogP contribution in [0.3, 0.4) is 0 Å². The van der Waals surface area contributed by atoms with E-state index in [1.54, 1.807) is 7.11 Å². The number of benzene rings is 1. The number of nitrogens with one attached hydrogen (secondary N) is 1. The quantitative estimate of drug-likeness (QED) is 0.880. The van der Waals surface area contributed by atoms with Crippen LogP contribution in [0.4, 0.5) is 0 Å². The van der Waals surface area contributed by atoms with Crippen LogP contribution in [0.15, 0.2) is 12.1 Å². The van der Waals surface area contributed by atoms with Gasteiger partial charge in [0.25, 0.3) is 0 Å². The summed E-state index contributed by atoms with van der Waals surface area (Å²) in [6.45, 7) is 7.98. The van der Waals surface area contributed by atoms with Crippen molar-refractivity contribution in [1.82, 2.24) is 5.32 Å². The third kappa shape index (κ3) is 2.77. The third-order valence-electron chi connectivity index (χ3n) is 4.45. The van der Waals surface area contributed by atoms with Gasteiger partial charge in [0.05, 0.1) is 12.7 Å². The fourth-order valence-electron chi connectivity index (χ4n) is 2.91. The van der Waals surface area contributed by atoms with Crippen molar-refractivity contribution in [3.63, 3.8) is 0 Å². The number of rotatable bonds is 3. The Hall–Kier alpha value is -1.06. The third-order valence-corrected chi connectivity index (χ3v) is 4.45. The van der Waals surface area contributed by atoms with Crippen molar-refractivity contribution in [3.05, 3.63) is 28.8 Å². The van der Waals surface area contributed by atoms with Gasteiger partial charge in [-0.05, 0) is 63.4 Å². The molecule has 3 heteroatoms. The average Bonchev–Trinajstić information content (AvgIpc) is 2.42. The van der Waals surface area contributed by atoms with Crippen LogP contribution in [0.1, 0.15) is 36.5 Å². The molecule has 0 aromatic heterocycles. The van der Waals surface area contributed by atoms with E-state index < -0.39 is 5.60 Å². The van der Waals surface area contributed by atoms with Gasteiger partial charge in [-0.2, -0.15) is 0 Å². The Bertz CT molecular complexity index is 448. The minimum Gasteiger partial charge on any atom is -0.496 e. The fraction of sp³-hybridized carbons (Fsp3) is 0.625. The highest BCUT2D eigenvalue weighted by atomic mass is 16.5. The normalized spacial score (nSPS) is 22.9. The van der Waals surface area contributed by atoms with Gasteiger partial charge in [-0.15, -0.1) is 0 Å². The van der Waals surface area contributed by atoms with E-state index in [0.29, 0.717) is 0 Å². The number of methoxy groups -OCH3 is 1. The molecule has 0 spiro atoms. The Balaban J connectivity index is 2.40. The first-order valence-corrected chi connectivity index (χ1v) is 7.05. The lowest BCUT2D eigenvalue weighted by atomic mass is 9.77. The van der Waals surface area contributed by atoms with Crippen molar-refractivity contribution in [3.8, 4) is 5.75 Å². The van der Waals surface area contributed by atoms with E-state index in [1.807, 2.05) is 13.0 Å². The molecule has 0 bridgehead atoms. The Labute approximate surface area is 116 Å². The van der Waals surface area contributed by atoms with E-state index in [4.69, 9.17) is 4.74 Å². The molecule has 2 rings (SSSR count). The standard InChI is InChI=1S/C16H25NO2/c1-11-8-14(15(19-4)9-12(11)2)16(3,18)13-6-5-7-17-10-13/h8-9,13,17-18H,5-7,10H2,1-4H3. The number of aryl methyl sites for hydroxylation is 2. The largest absolute Gasteiger partial charge is 0.496 e. The molecule has 1 aliphatic heterocycles. The van der Waals surface area contributed by atoms with Crippen molar-refractivity contribution < 1.29 is 9.84 Å². The van der Waals surface area contributed by atoms with Crippen molar-refractivity contribution in [2.45, 2.75) is 39.2 Å². The topological polar surface area (TPSA) is 41.5 Å². The Morgan fingerprint density at radius 2 is 2.00 bits per heavy atom. The first-order chi connectivity index (χ1) is 8.96. The van der Waals surface area contributed by atoms with Crippen molar-refractivity contribution >= 4 is 0 Å². The Morgan fingerprint density at radius 3 is 2.58 bits per heavy atom. The molecular formula is C16H25NO2. The summed E-state index contributed by atoms with van der Waals surface area (Å²) in [6.07, 6.45) is 2.17. The highest BCUT2D eigenvalue weighted by Crippen LogP contribution is 2.39. The summed E-state index contributed by atoms with van der Waals surface area (Å²) >= 11 is 0. The van der Waals surface area contributed by atoms with E-state index in [2.05, 4.69) is 25.2 Å². The van der Waals surface area contributed by atoms with Crippen molar-refractivity contribution in [2.75, 3.05) is 20.2 Å². The van der Waals surface area contributed by atoms with Gasteiger partial charge in [0, 0.05) is 18.0 Å². The molecule has 3 nitrogen and oxygen atoms in total. The molecule has 1 saturated heterocycles. The summed E-state index contributed by atoms with van der Waals surface area (Å²) in [6, 6.07) is 4.10. The van der Waals surface area contributed by atoms with Gasteiger partial charge in [-0.25, -0.2) is 0 Å². The van der Waals surface area contributed by atoms with Crippen LogP contribution in [0.25, 0.3) is 0 Å². The van der Waals surface area contributed by atoms with E-state index in [-0.39, 0.29) is 5.92 Å².